The van der Waals surface area contributed by atoms with E-state index in [9.17, 15) is 18.3 Å². The first kappa shape index (κ1) is 14.9. The Morgan fingerprint density at radius 2 is 2.24 bits per heavy atom. The molecule has 0 aliphatic rings. The third-order valence-electron chi connectivity index (χ3n) is 2.51. The van der Waals surface area contributed by atoms with Crippen molar-refractivity contribution in [1.29, 1.82) is 0 Å². The summed E-state index contributed by atoms with van der Waals surface area (Å²) in [6.45, 7) is -0.173. The summed E-state index contributed by atoms with van der Waals surface area (Å²) < 4.78 is 35.3. The molecule has 9 nitrogen and oxygen atoms in total. The minimum atomic E-state index is -3.91. The molecule has 1 aromatic carbocycles. The highest BCUT2D eigenvalue weighted by Crippen LogP contribution is 2.22. The van der Waals surface area contributed by atoms with Gasteiger partial charge in [0.15, 0.2) is 5.82 Å². The largest absolute Gasteiger partial charge is 0.507 e. The number of hydrogen-bond acceptors (Lipinski definition) is 8. The van der Waals surface area contributed by atoms with E-state index in [1.54, 1.807) is 0 Å². The monoisotopic (exact) mass is 313 g/mol. The van der Waals surface area contributed by atoms with Gasteiger partial charge in [-0.15, -0.1) is 0 Å². The highest BCUT2D eigenvalue weighted by molar-refractivity contribution is 7.89. The number of carbonyl (C=O) groups excluding carboxylic acids is 1. The molecule has 2 N–H and O–H groups in total. The van der Waals surface area contributed by atoms with Gasteiger partial charge < -0.3 is 14.4 Å². The number of esters is 1. The summed E-state index contributed by atoms with van der Waals surface area (Å²) in [5.74, 6) is -1.06. The van der Waals surface area contributed by atoms with E-state index >= 15 is 0 Å². The fourth-order valence-corrected chi connectivity index (χ4v) is 2.47. The maximum absolute atomic E-state index is 12.1. The summed E-state index contributed by atoms with van der Waals surface area (Å²) in [4.78, 5) is 14.9. The molecule has 0 saturated heterocycles. The van der Waals surface area contributed by atoms with E-state index in [4.69, 9.17) is 0 Å². The van der Waals surface area contributed by atoms with Crippen LogP contribution in [0.4, 0.5) is 0 Å². The minimum absolute atomic E-state index is 0.158. The molecule has 1 aromatic heterocycles. The van der Waals surface area contributed by atoms with Crippen LogP contribution in [0.1, 0.15) is 16.2 Å². The highest BCUT2D eigenvalue weighted by atomic mass is 32.2. The zero-order valence-electron chi connectivity index (χ0n) is 10.8. The molecule has 2 rings (SSSR count). The van der Waals surface area contributed by atoms with Crippen LogP contribution < -0.4 is 4.72 Å². The first-order chi connectivity index (χ1) is 9.94. The third kappa shape index (κ3) is 3.35. The van der Waals surface area contributed by atoms with Crippen LogP contribution in [0.25, 0.3) is 0 Å². The van der Waals surface area contributed by atoms with Crippen LogP contribution in [0.15, 0.2) is 34.0 Å². The number of sulfonamides is 1. The number of phenols is 1. The summed E-state index contributed by atoms with van der Waals surface area (Å²) in [6, 6.07) is 3.26. The van der Waals surface area contributed by atoms with Crippen molar-refractivity contribution in [2.45, 2.75) is 11.4 Å². The van der Waals surface area contributed by atoms with Crippen LogP contribution in [0.2, 0.25) is 0 Å². The number of nitrogens with one attached hydrogen (secondary N) is 1. The number of nitrogens with zero attached hydrogens (tertiary/aromatic N) is 2. The average molecular weight is 313 g/mol. The Balaban J connectivity index is 2.25. The average Bonchev–Trinajstić information content (AvgIpc) is 2.98. The van der Waals surface area contributed by atoms with Gasteiger partial charge in [0.25, 0.3) is 0 Å². The Kier molecular flexibility index (Phi) is 4.19. The van der Waals surface area contributed by atoms with E-state index in [2.05, 4.69) is 24.1 Å². The lowest BCUT2D eigenvalue weighted by atomic mass is 10.2. The van der Waals surface area contributed by atoms with Gasteiger partial charge in [-0.05, 0) is 18.2 Å². The minimum Gasteiger partial charge on any atom is -0.507 e. The topological polar surface area (TPSA) is 132 Å². The summed E-state index contributed by atoms with van der Waals surface area (Å²) in [5, 5.41) is 13.0. The molecule has 21 heavy (non-hydrogen) atoms. The zero-order chi connectivity index (χ0) is 15.5. The lowest BCUT2D eigenvalue weighted by Gasteiger charge is -2.07. The van der Waals surface area contributed by atoms with Gasteiger partial charge in [0.1, 0.15) is 11.3 Å². The summed E-state index contributed by atoms with van der Waals surface area (Å²) in [7, 11) is -2.79. The van der Waals surface area contributed by atoms with Gasteiger partial charge in [-0.3, -0.25) is 0 Å². The number of phenolic OH excluding ortho intramolecular Hbond substituents is 1. The predicted octanol–water partition coefficient (Wildman–Crippen LogP) is 0.0403. The number of rotatable bonds is 5. The molecule has 0 amide bonds. The molecule has 0 atom stereocenters. The van der Waals surface area contributed by atoms with Crippen LogP contribution in [0, 0.1) is 0 Å². The molecule has 10 heteroatoms. The zero-order valence-corrected chi connectivity index (χ0v) is 11.6. The number of methoxy groups -OCH3 is 1. The molecule has 112 valence electrons. The van der Waals surface area contributed by atoms with Gasteiger partial charge in [-0.2, -0.15) is 4.98 Å². The number of aromatic nitrogens is 2. The van der Waals surface area contributed by atoms with Crippen molar-refractivity contribution in [1.82, 2.24) is 14.9 Å². The number of aromatic hydroxyl groups is 1. The quantitative estimate of drug-likeness (QED) is 0.739. The second kappa shape index (κ2) is 5.89. The van der Waals surface area contributed by atoms with Crippen LogP contribution in [0.5, 0.6) is 5.75 Å². The van der Waals surface area contributed by atoms with Crippen LogP contribution in [-0.4, -0.2) is 36.7 Å². The molecule has 0 saturated carbocycles. The van der Waals surface area contributed by atoms with E-state index in [1.807, 2.05) is 0 Å². The lowest BCUT2D eigenvalue weighted by molar-refractivity contribution is 0.0597. The molecule has 0 fully saturated rings. The van der Waals surface area contributed by atoms with Crippen molar-refractivity contribution in [3.63, 3.8) is 0 Å². The Hall–Kier alpha value is -2.46. The van der Waals surface area contributed by atoms with Crippen LogP contribution >= 0.6 is 0 Å². The fraction of sp³-hybridized carbons (Fsp3) is 0.182. The number of hydrogen-bond donors (Lipinski definition) is 2. The summed E-state index contributed by atoms with van der Waals surface area (Å²) >= 11 is 0. The molecule has 2 aromatic rings. The third-order valence-corrected chi connectivity index (χ3v) is 3.91. The standard InChI is InChI=1S/C11H11N3O6S/c1-19-11(16)8-4-7(2-3-9(8)15)21(17,18)13-5-10-12-6-20-14-10/h2-4,6,13,15H,5H2,1H3. The summed E-state index contributed by atoms with van der Waals surface area (Å²) in [5.41, 5.74) is -0.250. The Morgan fingerprint density at radius 1 is 1.48 bits per heavy atom. The summed E-state index contributed by atoms with van der Waals surface area (Å²) in [6.07, 6.45) is 1.07. The molecule has 1 heterocycles. The molecule has 0 spiro atoms. The van der Waals surface area contributed by atoms with E-state index in [1.165, 1.54) is 0 Å². The van der Waals surface area contributed by atoms with E-state index in [0.29, 0.717) is 0 Å². The molecular weight excluding hydrogens is 302 g/mol. The van der Waals surface area contributed by atoms with E-state index < -0.39 is 16.0 Å². The molecule has 0 aliphatic heterocycles. The van der Waals surface area contributed by atoms with Crippen molar-refractivity contribution < 1.29 is 27.6 Å². The Bertz CT molecular complexity index is 741. The van der Waals surface area contributed by atoms with Crippen molar-refractivity contribution in [2.75, 3.05) is 7.11 Å². The predicted molar refractivity (Wildman–Crippen MR) is 67.8 cm³/mol. The normalized spacial score (nSPS) is 11.3. The van der Waals surface area contributed by atoms with Gasteiger partial charge in [-0.1, -0.05) is 5.16 Å². The van der Waals surface area contributed by atoms with E-state index in [-0.39, 0.29) is 28.6 Å². The van der Waals surface area contributed by atoms with Crippen molar-refractivity contribution in [2.24, 2.45) is 0 Å². The van der Waals surface area contributed by atoms with Crippen molar-refractivity contribution >= 4 is 16.0 Å². The number of ether oxygens (including phenoxy) is 1. The van der Waals surface area contributed by atoms with Gasteiger partial charge in [-0.25, -0.2) is 17.9 Å². The van der Waals surface area contributed by atoms with Crippen molar-refractivity contribution in [3.8, 4) is 5.75 Å². The maximum atomic E-state index is 12.1. The van der Waals surface area contributed by atoms with Crippen LogP contribution in [0.3, 0.4) is 0 Å². The highest BCUT2D eigenvalue weighted by Gasteiger charge is 2.20. The molecule has 0 bridgehead atoms. The molecule has 0 radical (unpaired) electrons. The number of benzene rings is 1. The number of carbonyl (C=O) groups is 1. The molecular formula is C11H11N3O6S. The van der Waals surface area contributed by atoms with Gasteiger partial charge in [0.05, 0.1) is 18.6 Å². The van der Waals surface area contributed by atoms with Gasteiger partial charge in [0, 0.05) is 0 Å². The molecule has 0 unspecified atom stereocenters. The smallest absolute Gasteiger partial charge is 0.341 e. The maximum Gasteiger partial charge on any atom is 0.341 e. The SMILES string of the molecule is COC(=O)c1cc(S(=O)(=O)NCc2ncon2)ccc1O. The first-order valence-corrected chi connectivity index (χ1v) is 7.08. The van der Waals surface area contributed by atoms with Gasteiger partial charge >= 0.3 is 5.97 Å². The second-order valence-corrected chi connectivity index (χ2v) is 5.61. The second-order valence-electron chi connectivity index (χ2n) is 3.84. The van der Waals surface area contributed by atoms with E-state index in [0.717, 1.165) is 31.7 Å². The van der Waals surface area contributed by atoms with Crippen molar-refractivity contribution in [3.05, 3.63) is 36.0 Å². The first-order valence-electron chi connectivity index (χ1n) is 5.60. The fourth-order valence-electron chi connectivity index (χ4n) is 1.47. The molecule has 0 aliphatic carbocycles. The Labute approximate surface area is 119 Å². The van der Waals surface area contributed by atoms with Gasteiger partial charge in [0.2, 0.25) is 16.4 Å². The van der Waals surface area contributed by atoms with Crippen LogP contribution in [-0.2, 0) is 21.3 Å². The Morgan fingerprint density at radius 3 is 2.86 bits per heavy atom. The lowest BCUT2D eigenvalue weighted by Crippen LogP contribution is -2.24.